The van der Waals surface area contributed by atoms with Crippen LogP contribution in [0.5, 0.6) is 11.5 Å². The van der Waals surface area contributed by atoms with E-state index in [-0.39, 0.29) is 5.91 Å². The van der Waals surface area contributed by atoms with Crippen LogP contribution in [0.3, 0.4) is 0 Å². The van der Waals surface area contributed by atoms with Gasteiger partial charge in [-0.25, -0.2) is 0 Å². The second-order valence-electron chi connectivity index (χ2n) is 5.00. The number of para-hydroxylation sites is 1. The molecule has 1 amide bonds. The first-order chi connectivity index (χ1) is 11.6. The van der Waals surface area contributed by atoms with Gasteiger partial charge in [0.15, 0.2) is 0 Å². The van der Waals surface area contributed by atoms with Crippen LogP contribution in [-0.4, -0.2) is 5.91 Å². The number of hydrogen-bond donors (Lipinski definition) is 1. The summed E-state index contributed by atoms with van der Waals surface area (Å²) < 4.78 is 5.74. The van der Waals surface area contributed by atoms with Gasteiger partial charge in [-0.2, -0.15) is 0 Å². The van der Waals surface area contributed by atoms with Crippen LogP contribution in [0.1, 0.15) is 10.4 Å². The largest absolute Gasteiger partial charge is 0.457 e. The Morgan fingerprint density at radius 3 is 2.33 bits per heavy atom. The summed E-state index contributed by atoms with van der Waals surface area (Å²) in [5.41, 5.74) is 0.919. The highest BCUT2D eigenvalue weighted by Gasteiger charge is 2.11. The van der Waals surface area contributed by atoms with Gasteiger partial charge in [0, 0.05) is 5.56 Å². The number of ether oxygens (including phenoxy) is 1. The number of carbonyl (C=O) groups is 1. The van der Waals surface area contributed by atoms with Crippen LogP contribution in [0.25, 0.3) is 0 Å². The second kappa shape index (κ2) is 7.39. The minimum Gasteiger partial charge on any atom is -0.457 e. The Labute approximate surface area is 149 Å². The number of hydrogen-bond acceptors (Lipinski definition) is 2. The molecule has 0 aliphatic heterocycles. The number of halogens is 2. The van der Waals surface area contributed by atoms with Gasteiger partial charge < -0.3 is 10.1 Å². The van der Waals surface area contributed by atoms with Crippen molar-refractivity contribution in [3.8, 4) is 11.5 Å². The van der Waals surface area contributed by atoms with Crippen molar-refractivity contribution in [1.82, 2.24) is 0 Å². The minimum atomic E-state index is -0.294. The highest BCUT2D eigenvalue weighted by molar-refractivity contribution is 6.44. The van der Waals surface area contributed by atoms with Crippen molar-refractivity contribution >= 4 is 34.8 Å². The fourth-order valence-electron chi connectivity index (χ4n) is 2.12. The van der Waals surface area contributed by atoms with Crippen molar-refractivity contribution < 1.29 is 9.53 Å². The van der Waals surface area contributed by atoms with Gasteiger partial charge in [0.2, 0.25) is 0 Å². The lowest BCUT2D eigenvalue weighted by molar-refractivity contribution is 0.102. The van der Waals surface area contributed by atoms with Gasteiger partial charge in [0.1, 0.15) is 11.5 Å². The minimum absolute atomic E-state index is 0.294. The Morgan fingerprint density at radius 2 is 1.54 bits per heavy atom. The molecular formula is C19H13Cl2NO2. The van der Waals surface area contributed by atoms with E-state index in [9.17, 15) is 4.79 Å². The van der Waals surface area contributed by atoms with Crippen molar-refractivity contribution in [2.75, 3.05) is 5.32 Å². The SMILES string of the molecule is O=C(Nc1cccc(Cl)c1Cl)c1cccc(Oc2ccccc2)c1. The standard InChI is InChI=1S/C19H13Cl2NO2/c20-16-10-5-11-17(18(16)21)22-19(23)13-6-4-9-15(12-13)24-14-7-2-1-3-8-14/h1-12H,(H,22,23). The molecule has 0 saturated heterocycles. The summed E-state index contributed by atoms with van der Waals surface area (Å²) in [6.07, 6.45) is 0. The number of carbonyl (C=O) groups excluding carboxylic acids is 1. The van der Waals surface area contributed by atoms with Gasteiger partial charge in [0.25, 0.3) is 5.91 Å². The van der Waals surface area contributed by atoms with E-state index in [4.69, 9.17) is 27.9 Å². The van der Waals surface area contributed by atoms with Gasteiger partial charge in [-0.3, -0.25) is 4.79 Å². The van der Waals surface area contributed by atoms with Gasteiger partial charge in [-0.1, -0.05) is 53.5 Å². The van der Waals surface area contributed by atoms with Crippen LogP contribution in [-0.2, 0) is 0 Å². The summed E-state index contributed by atoms with van der Waals surface area (Å²) in [6, 6.07) is 21.3. The van der Waals surface area contributed by atoms with Crippen LogP contribution in [0, 0.1) is 0 Å². The van der Waals surface area contributed by atoms with Crippen LogP contribution in [0.4, 0.5) is 5.69 Å². The molecule has 0 saturated carbocycles. The normalized spacial score (nSPS) is 10.2. The summed E-state index contributed by atoms with van der Waals surface area (Å²) in [7, 11) is 0. The van der Waals surface area contributed by atoms with Crippen LogP contribution in [0.15, 0.2) is 72.8 Å². The van der Waals surface area contributed by atoms with Crippen LogP contribution in [0.2, 0.25) is 10.0 Å². The summed E-state index contributed by atoms with van der Waals surface area (Å²) in [6.45, 7) is 0. The fraction of sp³-hybridized carbons (Fsp3) is 0. The van der Waals surface area contributed by atoms with Crippen molar-refractivity contribution in [2.24, 2.45) is 0 Å². The van der Waals surface area contributed by atoms with Crippen LogP contribution < -0.4 is 10.1 Å². The number of anilines is 1. The molecule has 3 aromatic rings. The predicted molar refractivity (Wildman–Crippen MR) is 97.4 cm³/mol. The van der Waals surface area contributed by atoms with Crippen molar-refractivity contribution in [3.63, 3.8) is 0 Å². The molecule has 0 aromatic heterocycles. The van der Waals surface area contributed by atoms with E-state index in [0.29, 0.717) is 32.8 Å². The molecule has 0 aliphatic rings. The third-order valence-electron chi connectivity index (χ3n) is 3.27. The molecule has 3 rings (SSSR count). The zero-order valence-corrected chi connectivity index (χ0v) is 14.0. The maximum atomic E-state index is 12.4. The van der Waals surface area contributed by atoms with Gasteiger partial charge in [0.05, 0.1) is 15.7 Å². The van der Waals surface area contributed by atoms with Crippen molar-refractivity contribution in [2.45, 2.75) is 0 Å². The summed E-state index contributed by atoms with van der Waals surface area (Å²) in [4.78, 5) is 12.4. The third-order valence-corrected chi connectivity index (χ3v) is 4.09. The smallest absolute Gasteiger partial charge is 0.255 e. The van der Waals surface area contributed by atoms with Gasteiger partial charge in [-0.15, -0.1) is 0 Å². The molecule has 0 spiro atoms. The fourth-order valence-corrected chi connectivity index (χ4v) is 2.47. The monoisotopic (exact) mass is 357 g/mol. The van der Waals surface area contributed by atoms with Crippen LogP contribution >= 0.6 is 23.2 Å². The van der Waals surface area contributed by atoms with Crippen molar-refractivity contribution in [3.05, 3.63) is 88.4 Å². The highest BCUT2D eigenvalue weighted by Crippen LogP contribution is 2.30. The Bertz CT molecular complexity index is 866. The molecule has 3 nitrogen and oxygen atoms in total. The van der Waals surface area contributed by atoms with E-state index >= 15 is 0 Å². The van der Waals surface area contributed by atoms with Gasteiger partial charge >= 0.3 is 0 Å². The van der Waals surface area contributed by atoms with E-state index in [2.05, 4.69) is 5.32 Å². The number of rotatable bonds is 4. The molecule has 120 valence electrons. The molecule has 24 heavy (non-hydrogen) atoms. The van der Waals surface area contributed by atoms with Crippen molar-refractivity contribution in [1.29, 1.82) is 0 Å². The molecular weight excluding hydrogens is 345 g/mol. The third kappa shape index (κ3) is 3.88. The lowest BCUT2D eigenvalue weighted by atomic mass is 10.2. The quantitative estimate of drug-likeness (QED) is 0.618. The predicted octanol–water partition coefficient (Wildman–Crippen LogP) is 6.04. The van der Waals surface area contributed by atoms with E-state index in [0.717, 1.165) is 0 Å². The van der Waals surface area contributed by atoms with E-state index in [1.807, 2.05) is 30.3 Å². The Balaban J connectivity index is 1.78. The average Bonchev–Trinajstić information content (AvgIpc) is 2.60. The van der Waals surface area contributed by atoms with E-state index in [1.165, 1.54) is 0 Å². The molecule has 0 radical (unpaired) electrons. The Hall–Kier alpha value is -2.49. The maximum Gasteiger partial charge on any atom is 0.255 e. The second-order valence-corrected chi connectivity index (χ2v) is 5.78. The first-order valence-corrected chi connectivity index (χ1v) is 7.97. The molecule has 3 aromatic carbocycles. The zero-order chi connectivity index (χ0) is 16.9. The summed E-state index contributed by atoms with van der Waals surface area (Å²) in [5, 5.41) is 3.44. The summed E-state index contributed by atoms with van der Waals surface area (Å²) >= 11 is 12.0. The summed E-state index contributed by atoms with van der Waals surface area (Å²) in [5.74, 6) is 0.983. The number of nitrogens with one attached hydrogen (secondary N) is 1. The highest BCUT2D eigenvalue weighted by atomic mass is 35.5. The molecule has 1 N–H and O–H groups in total. The topological polar surface area (TPSA) is 38.3 Å². The average molecular weight is 358 g/mol. The zero-order valence-electron chi connectivity index (χ0n) is 12.5. The first-order valence-electron chi connectivity index (χ1n) is 7.22. The van der Waals surface area contributed by atoms with Gasteiger partial charge in [-0.05, 0) is 42.5 Å². The molecule has 0 aliphatic carbocycles. The molecule has 0 atom stereocenters. The molecule has 5 heteroatoms. The molecule has 0 unspecified atom stereocenters. The number of amides is 1. The first kappa shape index (κ1) is 16.4. The molecule has 0 heterocycles. The maximum absolute atomic E-state index is 12.4. The Kier molecular flexibility index (Phi) is 5.04. The Morgan fingerprint density at radius 1 is 0.833 bits per heavy atom. The number of benzene rings is 3. The van der Waals surface area contributed by atoms with E-state index in [1.54, 1.807) is 42.5 Å². The van der Waals surface area contributed by atoms with E-state index < -0.39 is 0 Å². The molecule has 0 fully saturated rings. The lowest BCUT2D eigenvalue weighted by Crippen LogP contribution is -2.12. The lowest BCUT2D eigenvalue weighted by Gasteiger charge is -2.10. The molecule has 0 bridgehead atoms.